The summed E-state index contributed by atoms with van der Waals surface area (Å²) in [6.45, 7) is 6.08. The first-order chi connectivity index (χ1) is 7.70. The van der Waals surface area contributed by atoms with E-state index in [0.717, 1.165) is 36.5 Å². The van der Waals surface area contributed by atoms with Gasteiger partial charge in [0, 0.05) is 24.6 Å². The molecule has 1 heterocycles. The number of carbonyl (C=O) groups is 1. The van der Waals surface area contributed by atoms with E-state index >= 15 is 0 Å². The van der Waals surface area contributed by atoms with Gasteiger partial charge in [0.2, 0.25) is 5.91 Å². The summed E-state index contributed by atoms with van der Waals surface area (Å²) in [4.78, 5) is 19.4. The van der Waals surface area contributed by atoms with Crippen LogP contribution in [0.4, 0.5) is 0 Å². The molecular formula is C12H17N3O. The molecule has 1 aromatic heterocycles. The summed E-state index contributed by atoms with van der Waals surface area (Å²) in [6, 6.07) is 0. The van der Waals surface area contributed by atoms with Gasteiger partial charge in [0.05, 0.1) is 5.69 Å². The summed E-state index contributed by atoms with van der Waals surface area (Å²) in [5.74, 6) is 1.14. The Morgan fingerprint density at radius 2 is 2.56 bits per heavy atom. The third-order valence-electron chi connectivity index (χ3n) is 2.95. The first-order valence-corrected chi connectivity index (χ1v) is 5.63. The van der Waals surface area contributed by atoms with Crippen LogP contribution < -0.4 is 5.32 Å². The fourth-order valence-electron chi connectivity index (χ4n) is 2.16. The maximum atomic E-state index is 11.8. The van der Waals surface area contributed by atoms with Crippen LogP contribution in [0.5, 0.6) is 0 Å². The molecule has 1 unspecified atom stereocenters. The monoisotopic (exact) mass is 219 g/mol. The molecule has 0 bridgehead atoms. The highest BCUT2D eigenvalue weighted by Gasteiger charge is 2.26. The predicted molar refractivity (Wildman–Crippen MR) is 62.0 cm³/mol. The van der Waals surface area contributed by atoms with Crippen molar-refractivity contribution in [2.24, 2.45) is 5.92 Å². The van der Waals surface area contributed by atoms with Crippen molar-refractivity contribution in [1.82, 2.24) is 15.3 Å². The normalized spacial score (nSPS) is 18.9. The van der Waals surface area contributed by atoms with Gasteiger partial charge in [0.15, 0.2) is 0 Å². The molecule has 1 aliphatic carbocycles. The quantitative estimate of drug-likeness (QED) is 0.749. The van der Waals surface area contributed by atoms with Crippen molar-refractivity contribution in [2.45, 2.75) is 26.2 Å². The second kappa shape index (κ2) is 4.51. The molecule has 0 saturated carbocycles. The SMILES string of the molecule is C=CCNC(=O)C1CCc2nc(C)[nH]c2C1. The number of hydrogen-bond donors (Lipinski definition) is 2. The lowest BCUT2D eigenvalue weighted by molar-refractivity contribution is -0.125. The lowest BCUT2D eigenvalue weighted by Gasteiger charge is -2.20. The van der Waals surface area contributed by atoms with Crippen LogP contribution in [0.15, 0.2) is 12.7 Å². The molecule has 2 rings (SSSR count). The first-order valence-electron chi connectivity index (χ1n) is 5.63. The fourth-order valence-corrected chi connectivity index (χ4v) is 2.16. The molecule has 0 radical (unpaired) electrons. The highest BCUT2D eigenvalue weighted by molar-refractivity contribution is 5.79. The lowest BCUT2D eigenvalue weighted by Crippen LogP contribution is -2.34. The Labute approximate surface area is 95.2 Å². The number of aromatic amines is 1. The fraction of sp³-hybridized carbons (Fsp3) is 0.500. The molecule has 0 aliphatic heterocycles. The van der Waals surface area contributed by atoms with Crippen molar-refractivity contribution in [3.05, 3.63) is 29.9 Å². The summed E-state index contributed by atoms with van der Waals surface area (Å²) < 4.78 is 0. The Balaban J connectivity index is 2.01. The van der Waals surface area contributed by atoms with E-state index in [0.29, 0.717) is 6.54 Å². The third kappa shape index (κ3) is 2.15. The molecule has 4 nitrogen and oxygen atoms in total. The van der Waals surface area contributed by atoms with Crippen molar-refractivity contribution in [3.8, 4) is 0 Å². The van der Waals surface area contributed by atoms with Gasteiger partial charge in [-0.25, -0.2) is 4.98 Å². The Hall–Kier alpha value is -1.58. The topological polar surface area (TPSA) is 57.8 Å². The molecule has 1 atom stereocenters. The first kappa shape index (κ1) is 10.9. The van der Waals surface area contributed by atoms with E-state index < -0.39 is 0 Å². The highest BCUT2D eigenvalue weighted by Crippen LogP contribution is 2.23. The molecular weight excluding hydrogens is 202 g/mol. The summed E-state index contributed by atoms with van der Waals surface area (Å²) in [7, 11) is 0. The van der Waals surface area contributed by atoms with Gasteiger partial charge in [-0.15, -0.1) is 6.58 Å². The molecule has 0 spiro atoms. The standard InChI is InChI=1S/C12H17N3O/c1-3-6-13-12(16)9-4-5-10-11(7-9)15-8(2)14-10/h3,9H,1,4-7H2,2H3,(H,13,16)(H,14,15). The number of fused-ring (bicyclic) bond motifs is 1. The molecule has 16 heavy (non-hydrogen) atoms. The second-order valence-corrected chi connectivity index (χ2v) is 4.22. The summed E-state index contributed by atoms with van der Waals surface area (Å²) in [5.41, 5.74) is 2.26. The molecule has 0 saturated heterocycles. The number of imidazole rings is 1. The minimum Gasteiger partial charge on any atom is -0.352 e. The van der Waals surface area contributed by atoms with E-state index in [-0.39, 0.29) is 11.8 Å². The molecule has 1 amide bonds. The zero-order valence-corrected chi connectivity index (χ0v) is 9.55. The van der Waals surface area contributed by atoms with E-state index in [1.807, 2.05) is 6.92 Å². The van der Waals surface area contributed by atoms with E-state index in [4.69, 9.17) is 0 Å². The maximum Gasteiger partial charge on any atom is 0.223 e. The number of carbonyl (C=O) groups excluding carboxylic acids is 1. The number of hydrogen-bond acceptors (Lipinski definition) is 2. The number of nitrogens with one attached hydrogen (secondary N) is 2. The zero-order chi connectivity index (χ0) is 11.5. The van der Waals surface area contributed by atoms with Crippen molar-refractivity contribution in [3.63, 3.8) is 0 Å². The number of amides is 1. The minimum absolute atomic E-state index is 0.0762. The van der Waals surface area contributed by atoms with Gasteiger partial charge < -0.3 is 10.3 Å². The Morgan fingerprint density at radius 3 is 3.31 bits per heavy atom. The second-order valence-electron chi connectivity index (χ2n) is 4.22. The molecule has 2 N–H and O–H groups in total. The van der Waals surface area contributed by atoms with Crippen molar-refractivity contribution >= 4 is 5.91 Å². The molecule has 86 valence electrons. The third-order valence-corrected chi connectivity index (χ3v) is 2.95. The number of nitrogens with zero attached hydrogens (tertiary/aromatic N) is 1. The van der Waals surface area contributed by atoms with Crippen LogP contribution in [0.2, 0.25) is 0 Å². The summed E-state index contributed by atoms with van der Waals surface area (Å²) in [5, 5.41) is 2.85. The van der Waals surface area contributed by atoms with Gasteiger partial charge in [0.1, 0.15) is 5.82 Å². The Kier molecular flexibility index (Phi) is 3.08. The van der Waals surface area contributed by atoms with Gasteiger partial charge in [-0.2, -0.15) is 0 Å². The molecule has 0 fully saturated rings. The van der Waals surface area contributed by atoms with E-state index in [2.05, 4.69) is 21.9 Å². The van der Waals surface area contributed by atoms with E-state index in [1.165, 1.54) is 0 Å². The summed E-state index contributed by atoms with van der Waals surface area (Å²) in [6.07, 6.45) is 4.26. The van der Waals surface area contributed by atoms with Gasteiger partial charge >= 0.3 is 0 Å². The Morgan fingerprint density at radius 1 is 1.75 bits per heavy atom. The van der Waals surface area contributed by atoms with Crippen molar-refractivity contribution in [2.75, 3.05) is 6.54 Å². The average Bonchev–Trinajstić information content (AvgIpc) is 2.64. The van der Waals surface area contributed by atoms with Gasteiger partial charge in [-0.05, 0) is 19.8 Å². The largest absolute Gasteiger partial charge is 0.352 e. The lowest BCUT2D eigenvalue weighted by atomic mass is 9.89. The van der Waals surface area contributed by atoms with Gasteiger partial charge in [0.25, 0.3) is 0 Å². The zero-order valence-electron chi connectivity index (χ0n) is 9.55. The number of H-pyrrole nitrogens is 1. The average molecular weight is 219 g/mol. The maximum absolute atomic E-state index is 11.8. The molecule has 4 heteroatoms. The predicted octanol–water partition coefficient (Wildman–Crippen LogP) is 1.13. The molecule has 0 aromatic carbocycles. The number of rotatable bonds is 3. The van der Waals surface area contributed by atoms with Crippen molar-refractivity contribution < 1.29 is 4.79 Å². The van der Waals surface area contributed by atoms with Crippen LogP contribution in [-0.4, -0.2) is 22.4 Å². The van der Waals surface area contributed by atoms with Gasteiger partial charge in [-0.1, -0.05) is 6.08 Å². The van der Waals surface area contributed by atoms with Gasteiger partial charge in [-0.3, -0.25) is 4.79 Å². The van der Waals surface area contributed by atoms with Crippen LogP contribution in [-0.2, 0) is 17.6 Å². The smallest absolute Gasteiger partial charge is 0.223 e. The molecule has 1 aromatic rings. The van der Waals surface area contributed by atoms with Crippen LogP contribution in [0.25, 0.3) is 0 Å². The van der Waals surface area contributed by atoms with Crippen LogP contribution in [0.1, 0.15) is 23.6 Å². The minimum atomic E-state index is 0.0762. The number of aryl methyl sites for hydroxylation is 2. The Bertz CT molecular complexity index is 408. The molecule has 1 aliphatic rings. The highest BCUT2D eigenvalue weighted by atomic mass is 16.1. The summed E-state index contributed by atoms with van der Waals surface area (Å²) >= 11 is 0. The van der Waals surface area contributed by atoms with E-state index in [1.54, 1.807) is 6.08 Å². The van der Waals surface area contributed by atoms with Crippen LogP contribution >= 0.6 is 0 Å². The van der Waals surface area contributed by atoms with Crippen LogP contribution in [0, 0.1) is 12.8 Å². The number of aromatic nitrogens is 2. The van der Waals surface area contributed by atoms with E-state index in [9.17, 15) is 4.79 Å². The van der Waals surface area contributed by atoms with Crippen molar-refractivity contribution in [1.29, 1.82) is 0 Å². The van der Waals surface area contributed by atoms with Crippen LogP contribution in [0.3, 0.4) is 0 Å².